The van der Waals surface area contributed by atoms with Crippen molar-refractivity contribution in [2.24, 2.45) is 4.99 Å². The van der Waals surface area contributed by atoms with Gasteiger partial charge in [0, 0.05) is 31.9 Å². The van der Waals surface area contributed by atoms with Gasteiger partial charge in [-0.3, -0.25) is 20.0 Å². The Kier molecular flexibility index (Phi) is 4.36. The molecule has 1 aromatic rings. The second-order valence-electron chi connectivity index (χ2n) is 3.56. The predicted molar refractivity (Wildman–Crippen MR) is 68.9 cm³/mol. The van der Waals surface area contributed by atoms with Crippen LogP contribution < -0.4 is 5.32 Å². The van der Waals surface area contributed by atoms with Gasteiger partial charge >= 0.3 is 6.03 Å². The number of hydrogen-bond acceptors (Lipinski definition) is 4. The molecule has 0 spiro atoms. The highest BCUT2D eigenvalue weighted by atomic mass is 16.6. The average molecular weight is 250 g/mol. The minimum atomic E-state index is -0.494. The number of anilines is 1. The van der Waals surface area contributed by atoms with E-state index in [2.05, 4.69) is 10.3 Å². The minimum absolute atomic E-state index is 0.0207. The molecule has 0 bridgehead atoms. The van der Waals surface area contributed by atoms with Crippen LogP contribution in [0, 0.1) is 10.1 Å². The molecule has 0 unspecified atom stereocenters. The Balaban J connectivity index is 2.73. The van der Waals surface area contributed by atoms with Gasteiger partial charge in [0.2, 0.25) is 0 Å². The van der Waals surface area contributed by atoms with E-state index in [0.717, 1.165) is 0 Å². The van der Waals surface area contributed by atoms with Crippen molar-refractivity contribution in [1.82, 2.24) is 4.90 Å². The number of non-ortho nitro benzene ring substituents is 1. The predicted octanol–water partition coefficient (Wildman–Crippen LogP) is 2.11. The number of rotatable bonds is 2. The summed E-state index contributed by atoms with van der Waals surface area (Å²) >= 11 is 0. The van der Waals surface area contributed by atoms with E-state index in [-0.39, 0.29) is 11.7 Å². The SMILES string of the molecule is CN=C(C)N(C)C(=O)Nc1ccc([N+](=O)[O-])cc1. The maximum Gasteiger partial charge on any atom is 0.326 e. The van der Waals surface area contributed by atoms with Crippen molar-refractivity contribution >= 4 is 23.2 Å². The van der Waals surface area contributed by atoms with Gasteiger partial charge in [-0.15, -0.1) is 0 Å². The van der Waals surface area contributed by atoms with Gasteiger partial charge in [-0.25, -0.2) is 4.79 Å². The molecule has 0 fully saturated rings. The molecule has 2 amide bonds. The van der Waals surface area contributed by atoms with Crippen LogP contribution in [0.15, 0.2) is 29.3 Å². The third-order valence-corrected chi connectivity index (χ3v) is 2.44. The van der Waals surface area contributed by atoms with Crippen molar-refractivity contribution in [3.63, 3.8) is 0 Å². The minimum Gasteiger partial charge on any atom is -0.308 e. The van der Waals surface area contributed by atoms with E-state index in [4.69, 9.17) is 0 Å². The fraction of sp³-hybridized carbons (Fsp3) is 0.273. The molecule has 0 aliphatic carbocycles. The van der Waals surface area contributed by atoms with E-state index >= 15 is 0 Å². The number of carbonyl (C=O) groups is 1. The van der Waals surface area contributed by atoms with Gasteiger partial charge in [0.1, 0.15) is 5.84 Å². The van der Waals surface area contributed by atoms with Crippen molar-refractivity contribution in [2.75, 3.05) is 19.4 Å². The lowest BCUT2D eigenvalue weighted by Gasteiger charge is -2.16. The first-order chi connectivity index (χ1) is 8.45. The summed E-state index contributed by atoms with van der Waals surface area (Å²) in [5.74, 6) is 0.564. The fourth-order valence-electron chi connectivity index (χ4n) is 1.17. The zero-order valence-electron chi connectivity index (χ0n) is 10.4. The molecule has 0 heterocycles. The van der Waals surface area contributed by atoms with Crippen LogP contribution in [0.3, 0.4) is 0 Å². The molecule has 1 aromatic carbocycles. The van der Waals surface area contributed by atoms with Gasteiger partial charge in [-0.1, -0.05) is 0 Å². The first-order valence-corrected chi connectivity index (χ1v) is 5.18. The largest absolute Gasteiger partial charge is 0.326 e. The number of benzene rings is 1. The summed E-state index contributed by atoms with van der Waals surface area (Å²) in [6.07, 6.45) is 0. The summed E-state index contributed by atoms with van der Waals surface area (Å²) in [4.78, 5) is 26.9. The van der Waals surface area contributed by atoms with Crippen LogP contribution >= 0.6 is 0 Å². The average Bonchev–Trinajstić information content (AvgIpc) is 2.37. The van der Waals surface area contributed by atoms with Crippen LogP contribution in [-0.2, 0) is 0 Å². The highest BCUT2D eigenvalue weighted by Crippen LogP contribution is 2.15. The summed E-state index contributed by atoms with van der Waals surface area (Å²) in [6.45, 7) is 1.70. The Hall–Kier alpha value is -2.44. The molecule has 96 valence electrons. The maximum absolute atomic E-state index is 11.7. The van der Waals surface area contributed by atoms with E-state index in [0.29, 0.717) is 11.5 Å². The summed E-state index contributed by atoms with van der Waals surface area (Å²) in [7, 11) is 3.17. The first-order valence-electron chi connectivity index (χ1n) is 5.18. The first kappa shape index (κ1) is 13.6. The van der Waals surface area contributed by atoms with Gasteiger partial charge in [-0.05, 0) is 19.1 Å². The Morgan fingerprint density at radius 3 is 2.39 bits per heavy atom. The number of nitrogens with zero attached hydrogens (tertiary/aromatic N) is 3. The normalized spacial score (nSPS) is 10.9. The zero-order valence-corrected chi connectivity index (χ0v) is 10.4. The van der Waals surface area contributed by atoms with Gasteiger partial charge in [-0.2, -0.15) is 0 Å². The van der Waals surface area contributed by atoms with E-state index in [1.807, 2.05) is 0 Å². The Morgan fingerprint density at radius 1 is 1.39 bits per heavy atom. The van der Waals surface area contributed by atoms with Crippen molar-refractivity contribution < 1.29 is 9.72 Å². The molecule has 0 saturated carbocycles. The Morgan fingerprint density at radius 2 is 1.94 bits per heavy atom. The molecular formula is C11H14N4O3. The van der Waals surface area contributed by atoms with Crippen LogP contribution in [-0.4, -0.2) is 35.8 Å². The van der Waals surface area contributed by atoms with Crippen molar-refractivity contribution in [1.29, 1.82) is 0 Å². The summed E-state index contributed by atoms with van der Waals surface area (Å²) in [5.41, 5.74) is 0.467. The summed E-state index contributed by atoms with van der Waals surface area (Å²) in [6, 6.07) is 5.25. The molecule has 0 atom stereocenters. The molecule has 0 radical (unpaired) electrons. The lowest BCUT2D eigenvalue weighted by atomic mass is 10.3. The topological polar surface area (TPSA) is 87.8 Å². The molecule has 1 N–H and O–H groups in total. The molecule has 18 heavy (non-hydrogen) atoms. The highest BCUT2D eigenvalue weighted by molar-refractivity contribution is 6.02. The third-order valence-electron chi connectivity index (χ3n) is 2.44. The smallest absolute Gasteiger partial charge is 0.308 e. The van der Waals surface area contributed by atoms with Crippen LogP contribution in [0.1, 0.15) is 6.92 Å². The number of nitro groups is 1. The quantitative estimate of drug-likeness (QED) is 0.377. The molecule has 0 saturated heterocycles. The van der Waals surface area contributed by atoms with Gasteiger partial charge in [0.25, 0.3) is 5.69 Å². The number of hydrogen-bond donors (Lipinski definition) is 1. The highest BCUT2D eigenvalue weighted by Gasteiger charge is 2.11. The third kappa shape index (κ3) is 3.27. The number of urea groups is 1. The van der Waals surface area contributed by atoms with Crippen LogP contribution in [0.25, 0.3) is 0 Å². The summed E-state index contributed by atoms with van der Waals surface area (Å²) < 4.78 is 0. The van der Waals surface area contributed by atoms with Crippen molar-refractivity contribution in [3.05, 3.63) is 34.4 Å². The van der Waals surface area contributed by atoms with Crippen molar-refractivity contribution in [2.45, 2.75) is 6.92 Å². The number of amidine groups is 1. The van der Waals surface area contributed by atoms with Gasteiger partial charge in [0.05, 0.1) is 4.92 Å². The number of nitrogens with one attached hydrogen (secondary N) is 1. The summed E-state index contributed by atoms with van der Waals surface area (Å²) in [5, 5.41) is 13.1. The number of nitro benzene ring substituents is 1. The molecule has 1 rings (SSSR count). The zero-order chi connectivity index (χ0) is 13.7. The molecular weight excluding hydrogens is 236 g/mol. The van der Waals surface area contributed by atoms with E-state index in [1.54, 1.807) is 21.0 Å². The fourth-order valence-corrected chi connectivity index (χ4v) is 1.17. The van der Waals surface area contributed by atoms with Crippen LogP contribution in [0.2, 0.25) is 0 Å². The number of carbonyl (C=O) groups excluding carboxylic acids is 1. The van der Waals surface area contributed by atoms with E-state index in [1.165, 1.54) is 29.2 Å². The molecule has 7 heteroatoms. The molecule has 7 nitrogen and oxygen atoms in total. The van der Waals surface area contributed by atoms with Gasteiger partial charge in [0.15, 0.2) is 0 Å². The standard InChI is InChI=1S/C11H14N4O3/c1-8(12-2)14(3)11(16)13-9-4-6-10(7-5-9)15(17)18/h4-7H,1-3H3,(H,13,16). The van der Waals surface area contributed by atoms with Crippen LogP contribution in [0.5, 0.6) is 0 Å². The lowest BCUT2D eigenvalue weighted by Crippen LogP contribution is -2.35. The lowest BCUT2D eigenvalue weighted by molar-refractivity contribution is -0.384. The maximum atomic E-state index is 11.7. The number of aliphatic imine (C=N–C) groups is 1. The van der Waals surface area contributed by atoms with E-state index in [9.17, 15) is 14.9 Å². The molecule has 0 aliphatic heterocycles. The number of amides is 2. The van der Waals surface area contributed by atoms with Crippen molar-refractivity contribution in [3.8, 4) is 0 Å². The van der Waals surface area contributed by atoms with Crippen LogP contribution in [0.4, 0.5) is 16.2 Å². The monoisotopic (exact) mass is 250 g/mol. The molecule has 0 aromatic heterocycles. The van der Waals surface area contributed by atoms with E-state index < -0.39 is 4.92 Å². The Bertz CT molecular complexity index is 482. The second-order valence-corrected chi connectivity index (χ2v) is 3.56. The van der Waals surface area contributed by atoms with Gasteiger partial charge < -0.3 is 5.32 Å². The Labute approximate surface area is 104 Å². The molecule has 0 aliphatic rings. The second kappa shape index (κ2) is 5.76.